The van der Waals surface area contributed by atoms with Crippen LogP contribution < -0.4 is 10.6 Å². The molecule has 0 aromatic carbocycles. The maximum atomic E-state index is 5.82. The second-order valence-corrected chi connectivity index (χ2v) is 6.19. The van der Waals surface area contributed by atoms with Crippen LogP contribution in [0.15, 0.2) is 0 Å². The van der Waals surface area contributed by atoms with Crippen LogP contribution in [0.2, 0.25) is 0 Å². The van der Waals surface area contributed by atoms with Crippen LogP contribution in [0.1, 0.15) is 32.6 Å². The van der Waals surface area contributed by atoms with Gasteiger partial charge in [0.15, 0.2) is 0 Å². The second kappa shape index (κ2) is 6.33. The van der Waals surface area contributed by atoms with Gasteiger partial charge in [0.1, 0.15) is 0 Å². The van der Waals surface area contributed by atoms with Crippen molar-refractivity contribution in [1.29, 1.82) is 0 Å². The van der Waals surface area contributed by atoms with E-state index >= 15 is 0 Å². The molecule has 4 heteroatoms. The predicted octanol–water partition coefficient (Wildman–Crippen LogP) is 1.16. The molecular formula is C14H28N2O2. The van der Waals surface area contributed by atoms with Gasteiger partial charge in [0.2, 0.25) is 0 Å². The minimum atomic E-state index is 0.0567. The number of hydrogen-bond acceptors (Lipinski definition) is 4. The van der Waals surface area contributed by atoms with Gasteiger partial charge in [0, 0.05) is 32.2 Å². The fourth-order valence-corrected chi connectivity index (χ4v) is 3.20. The smallest absolute Gasteiger partial charge is 0.0779 e. The van der Waals surface area contributed by atoms with Gasteiger partial charge in [-0.15, -0.1) is 0 Å². The molecule has 106 valence electrons. The lowest BCUT2D eigenvalue weighted by Gasteiger charge is -2.38. The van der Waals surface area contributed by atoms with Gasteiger partial charge in [-0.25, -0.2) is 0 Å². The average Bonchev–Trinajstić information content (AvgIpc) is 2.78. The van der Waals surface area contributed by atoms with E-state index < -0.39 is 0 Å². The van der Waals surface area contributed by atoms with Gasteiger partial charge in [0.25, 0.3) is 0 Å². The molecule has 4 nitrogen and oxygen atoms in total. The summed E-state index contributed by atoms with van der Waals surface area (Å²) in [5, 5.41) is 7.06. The monoisotopic (exact) mass is 256 g/mol. The average molecular weight is 256 g/mol. The summed E-state index contributed by atoms with van der Waals surface area (Å²) >= 11 is 0. The minimum absolute atomic E-state index is 0.0567. The van der Waals surface area contributed by atoms with E-state index in [-0.39, 0.29) is 5.60 Å². The zero-order valence-corrected chi connectivity index (χ0v) is 11.9. The topological polar surface area (TPSA) is 42.5 Å². The van der Waals surface area contributed by atoms with Crippen molar-refractivity contribution in [1.82, 2.24) is 10.6 Å². The zero-order valence-electron chi connectivity index (χ0n) is 11.9. The Morgan fingerprint density at radius 1 is 1.22 bits per heavy atom. The third-order valence-electron chi connectivity index (χ3n) is 4.41. The van der Waals surface area contributed by atoms with E-state index in [4.69, 9.17) is 9.47 Å². The standard InChI is InChI=1S/C14H28N2O2/c1-13(4-3-9-18-13)10-16-11-14(12-17-2)5-7-15-8-6-14/h15-16H,3-12H2,1-2H3. The molecule has 0 bridgehead atoms. The molecule has 0 amide bonds. The molecule has 0 radical (unpaired) electrons. The van der Waals surface area contributed by atoms with E-state index in [2.05, 4.69) is 17.6 Å². The van der Waals surface area contributed by atoms with E-state index in [1.807, 2.05) is 7.11 Å². The third kappa shape index (κ3) is 3.67. The third-order valence-corrected chi connectivity index (χ3v) is 4.41. The number of rotatable bonds is 6. The van der Waals surface area contributed by atoms with Crippen LogP contribution in [0.3, 0.4) is 0 Å². The Morgan fingerprint density at radius 3 is 2.61 bits per heavy atom. The fourth-order valence-electron chi connectivity index (χ4n) is 3.20. The Balaban J connectivity index is 1.78. The van der Waals surface area contributed by atoms with Crippen LogP contribution in [0.25, 0.3) is 0 Å². The first-order chi connectivity index (χ1) is 8.68. The van der Waals surface area contributed by atoms with Crippen molar-refractivity contribution in [3.05, 3.63) is 0 Å². The first-order valence-electron chi connectivity index (χ1n) is 7.23. The lowest BCUT2D eigenvalue weighted by molar-refractivity contribution is 0.0111. The summed E-state index contributed by atoms with van der Waals surface area (Å²) in [6.07, 6.45) is 4.78. The van der Waals surface area contributed by atoms with Crippen LogP contribution in [0, 0.1) is 5.41 Å². The van der Waals surface area contributed by atoms with Crippen molar-refractivity contribution >= 4 is 0 Å². The molecule has 0 aliphatic carbocycles. The van der Waals surface area contributed by atoms with E-state index in [1.54, 1.807) is 0 Å². The van der Waals surface area contributed by atoms with Gasteiger partial charge < -0.3 is 20.1 Å². The largest absolute Gasteiger partial charge is 0.384 e. The fraction of sp³-hybridized carbons (Fsp3) is 1.00. The molecule has 0 saturated carbocycles. The van der Waals surface area contributed by atoms with Crippen molar-refractivity contribution in [2.45, 2.75) is 38.2 Å². The van der Waals surface area contributed by atoms with Crippen molar-refractivity contribution in [2.24, 2.45) is 5.41 Å². The number of methoxy groups -OCH3 is 1. The summed E-state index contributed by atoms with van der Waals surface area (Å²) in [7, 11) is 1.81. The molecule has 2 rings (SSSR count). The van der Waals surface area contributed by atoms with Gasteiger partial charge in [-0.1, -0.05) is 0 Å². The highest BCUT2D eigenvalue weighted by Gasteiger charge is 2.34. The molecule has 18 heavy (non-hydrogen) atoms. The van der Waals surface area contributed by atoms with Gasteiger partial charge >= 0.3 is 0 Å². The van der Waals surface area contributed by atoms with Crippen molar-refractivity contribution in [3.8, 4) is 0 Å². The lowest BCUT2D eigenvalue weighted by atomic mass is 9.79. The summed E-state index contributed by atoms with van der Waals surface area (Å²) in [5.41, 5.74) is 0.371. The summed E-state index contributed by atoms with van der Waals surface area (Å²) in [4.78, 5) is 0. The Labute approximate surface area is 111 Å². The van der Waals surface area contributed by atoms with Crippen LogP contribution in [-0.2, 0) is 9.47 Å². The summed E-state index contributed by atoms with van der Waals surface area (Å²) in [5.74, 6) is 0. The summed E-state index contributed by atoms with van der Waals surface area (Å²) < 4.78 is 11.2. The molecule has 1 atom stereocenters. The quantitative estimate of drug-likeness (QED) is 0.748. The molecule has 2 aliphatic heterocycles. The molecule has 0 aromatic rings. The second-order valence-electron chi connectivity index (χ2n) is 6.19. The van der Waals surface area contributed by atoms with Crippen molar-refractivity contribution in [2.75, 3.05) is 46.5 Å². The lowest BCUT2D eigenvalue weighted by Crippen LogP contribution is -2.48. The van der Waals surface area contributed by atoms with Crippen LogP contribution >= 0.6 is 0 Å². The molecule has 1 unspecified atom stereocenters. The highest BCUT2D eigenvalue weighted by Crippen LogP contribution is 2.29. The SMILES string of the molecule is COCC1(CNCC2(C)CCCO2)CCNCC1. The number of nitrogens with one attached hydrogen (secondary N) is 2. The maximum Gasteiger partial charge on any atom is 0.0779 e. The first-order valence-corrected chi connectivity index (χ1v) is 7.23. The normalized spacial score (nSPS) is 31.7. The Kier molecular flexibility index (Phi) is 5.01. The van der Waals surface area contributed by atoms with Crippen LogP contribution in [0.4, 0.5) is 0 Å². The molecule has 2 aliphatic rings. The molecule has 2 saturated heterocycles. The van der Waals surface area contributed by atoms with Crippen molar-refractivity contribution in [3.63, 3.8) is 0 Å². The van der Waals surface area contributed by atoms with E-state index in [1.165, 1.54) is 25.7 Å². The van der Waals surface area contributed by atoms with E-state index in [9.17, 15) is 0 Å². The molecule has 2 fully saturated rings. The van der Waals surface area contributed by atoms with Gasteiger partial charge in [-0.05, 0) is 45.7 Å². The predicted molar refractivity (Wildman–Crippen MR) is 72.9 cm³/mol. The highest BCUT2D eigenvalue weighted by molar-refractivity contribution is 4.89. The van der Waals surface area contributed by atoms with Crippen molar-refractivity contribution < 1.29 is 9.47 Å². The zero-order chi connectivity index (χ0) is 12.9. The summed E-state index contributed by atoms with van der Waals surface area (Å²) in [6.45, 7) is 8.23. The first kappa shape index (κ1) is 14.3. The van der Waals surface area contributed by atoms with Gasteiger partial charge in [-0.3, -0.25) is 0 Å². The number of piperidine rings is 1. The Hall–Kier alpha value is -0.160. The van der Waals surface area contributed by atoms with E-state index in [0.717, 1.165) is 39.4 Å². The molecule has 2 N–H and O–H groups in total. The van der Waals surface area contributed by atoms with Gasteiger partial charge in [-0.2, -0.15) is 0 Å². The summed E-state index contributed by atoms with van der Waals surface area (Å²) in [6, 6.07) is 0. The Bertz CT molecular complexity index is 241. The van der Waals surface area contributed by atoms with Gasteiger partial charge in [0.05, 0.1) is 12.2 Å². The molecule has 0 spiro atoms. The molecule has 0 aromatic heterocycles. The minimum Gasteiger partial charge on any atom is -0.384 e. The van der Waals surface area contributed by atoms with Crippen LogP contribution in [0.5, 0.6) is 0 Å². The molecular weight excluding hydrogens is 228 g/mol. The number of hydrogen-bond donors (Lipinski definition) is 2. The maximum absolute atomic E-state index is 5.82. The molecule has 2 heterocycles. The highest BCUT2D eigenvalue weighted by atomic mass is 16.5. The van der Waals surface area contributed by atoms with E-state index in [0.29, 0.717) is 5.41 Å². The van der Waals surface area contributed by atoms with Crippen LogP contribution in [-0.4, -0.2) is 52.1 Å². The number of ether oxygens (including phenoxy) is 2. The Morgan fingerprint density at radius 2 is 2.00 bits per heavy atom.